The molecule has 0 N–H and O–H groups in total. The summed E-state index contributed by atoms with van der Waals surface area (Å²) in [4.78, 5) is 11.1. The summed E-state index contributed by atoms with van der Waals surface area (Å²) in [5, 5.41) is 0. The number of methoxy groups -OCH3 is 1. The molecule has 0 amide bonds. The average Bonchev–Trinajstić information content (AvgIpc) is 2.38. The van der Waals surface area contributed by atoms with Crippen molar-refractivity contribution in [2.75, 3.05) is 20.3 Å². The third-order valence-corrected chi connectivity index (χ3v) is 2.63. The number of hydrogen-bond donors (Lipinski definition) is 0. The largest absolute Gasteiger partial charge is 0.494 e. The van der Waals surface area contributed by atoms with Crippen LogP contribution in [0.3, 0.4) is 0 Å². The average molecular weight is 248 g/mol. The van der Waals surface area contributed by atoms with E-state index >= 15 is 0 Å². The Morgan fingerprint density at radius 3 is 2.22 bits per heavy atom. The number of ether oxygens (including phenoxy) is 2. The first-order chi connectivity index (χ1) is 8.65. The highest BCUT2D eigenvalue weighted by molar-refractivity contribution is 5.94. The van der Waals surface area contributed by atoms with E-state index < -0.39 is 0 Å². The van der Waals surface area contributed by atoms with Crippen LogP contribution in [-0.2, 0) is 9.47 Å². The molecule has 0 heterocycles. The van der Waals surface area contributed by atoms with Crippen molar-refractivity contribution in [3.8, 4) is 0 Å². The predicted molar refractivity (Wildman–Crippen MR) is 72.5 cm³/mol. The van der Waals surface area contributed by atoms with Crippen LogP contribution in [0.4, 0.5) is 0 Å². The fourth-order valence-electron chi connectivity index (χ4n) is 1.52. The van der Waals surface area contributed by atoms with E-state index in [2.05, 4.69) is 6.58 Å². The summed E-state index contributed by atoms with van der Waals surface area (Å²) in [7, 11) is 1.69. The molecule has 1 rings (SSSR count). The first-order valence-electron chi connectivity index (χ1n) is 6.07. The number of ketones is 1. The maximum absolute atomic E-state index is 11.1. The molecular weight excluding hydrogens is 228 g/mol. The van der Waals surface area contributed by atoms with Crippen LogP contribution in [0.25, 0.3) is 5.76 Å². The van der Waals surface area contributed by atoms with Gasteiger partial charge in [-0.05, 0) is 19.8 Å². The third-order valence-electron chi connectivity index (χ3n) is 2.63. The van der Waals surface area contributed by atoms with Gasteiger partial charge in [-0.2, -0.15) is 0 Å². The van der Waals surface area contributed by atoms with Crippen LogP contribution in [0.5, 0.6) is 0 Å². The normalized spacial score (nSPS) is 10.1. The minimum atomic E-state index is 0.0626. The van der Waals surface area contributed by atoms with E-state index in [0.29, 0.717) is 17.9 Å². The van der Waals surface area contributed by atoms with E-state index in [4.69, 9.17) is 9.47 Å². The smallest absolute Gasteiger partial charge is 0.159 e. The molecule has 0 aliphatic carbocycles. The summed E-state index contributed by atoms with van der Waals surface area (Å²) < 4.78 is 10.5. The fraction of sp³-hybridized carbons (Fsp3) is 0.400. The number of unbranched alkanes of at least 4 members (excludes halogenated alkanes) is 1. The van der Waals surface area contributed by atoms with Gasteiger partial charge < -0.3 is 9.47 Å². The zero-order valence-electron chi connectivity index (χ0n) is 11.1. The molecule has 0 saturated heterocycles. The lowest BCUT2D eigenvalue weighted by Crippen LogP contribution is -1.97. The monoisotopic (exact) mass is 248 g/mol. The van der Waals surface area contributed by atoms with Gasteiger partial charge in [0, 0.05) is 24.8 Å². The van der Waals surface area contributed by atoms with Crippen LogP contribution < -0.4 is 0 Å². The van der Waals surface area contributed by atoms with Gasteiger partial charge in [0.15, 0.2) is 5.78 Å². The van der Waals surface area contributed by atoms with Gasteiger partial charge in [0.1, 0.15) is 5.76 Å². The topological polar surface area (TPSA) is 35.5 Å². The van der Waals surface area contributed by atoms with Crippen LogP contribution in [0.15, 0.2) is 30.8 Å². The SMILES string of the molecule is C=C(OCCCCOC)c1ccc(C(C)=O)cc1. The Morgan fingerprint density at radius 2 is 1.67 bits per heavy atom. The van der Waals surface area contributed by atoms with Crippen molar-refractivity contribution >= 4 is 11.5 Å². The van der Waals surface area contributed by atoms with Crippen molar-refractivity contribution in [2.45, 2.75) is 19.8 Å². The summed E-state index contributed by atoms with van der Waals surface area (Å²) >= 11 is 0. The van der Waals surface area contributed by atoms with Crippen molar-refractivity contribution < 1.29 is 14.3 Å². The Labute approximate surface area is 108 Å². The molecule has 0 radical (unpaired) electrons. The molecule has 1 aromatic carbocycles. The van der Waals surface area contributed by atoms with Crippen molar-refractivity contribution in [1.29, 1.82) is 0 Å². The number of hydrogen-bond acceptors (Lipinski definition) is 3. The first-order valence-corrected chi connectivity index (χ1v) is 6.07. The molecule has 0 aliphatic rings. The second-order valence-corrected chi connectivity index (χ2v) is 4.11. The molecule has 0 bridgehead atoms. The maximum Gasteiger partial charge on any atom is 0.159 e. The van der Waals surface area contributed by atoms with Gasteiger partial charge in [-0.15, -0.1) is 0 Å². The maximum atomic E-state index is 11.1. The molecule has 0 spiro atoms. The highest BCUT2D eigenvalue weighted by Crippen LogP contribution is 2.15. The first kappa shape index (κ1) is 14.5. The number of carbonyl (C=O) groups is 1. The lowest BCUT2D eigenvalue weighted by molar-refractivity contribution is 0.101. The molecule has 98 valence electrons. The quantitative estimate of drug-likeness (QED) is 0.402. The summed E-state index contributed by atoms with van der Waals surface area (Å²) in [6.45, 7) is 6.82. The summed E-state index contributed by atoms with van der Waals surface area (Å²) in [5.41, 5.74) is 1.61. The molecule has 0 aliphatic heterocycles. The van der Waals surface area contributed by atoms with Gasteiger partial charge in [0.2, 0.25) is 0 Å². The lowest BCUT2D eigenvalue weighted by Gasteiger charge is -2.09. The minimum Gasteiger partial charge on any atom is -0.494 e. The third kappa shape index (κ3) is 4.72. The van der Waals surface area contributed by atoms with E-state index in [1.165, 1.54) is 0 Å². The Hall–Kier alpha value is -1.61. The number of carbonyl (C=O) groups excluding carboxylic acids is 1. The lowest BCUT2D eigenvalue weighted by atomic mass is 10.1. The van der Waals surface area contributed by atoms with Gasteiger partial charge in [0.05, 0.1) is 6.61 Å². The van der Waals surface area contributed by atoms with E-state index in [9.17, 15) is 4.79 Å². The predicted octanol–water partition coefficient (Wildman–Crippen LogP) is 3.30. The number of benzene rings is 1. The second-order valence-electron chi connectivity index (χ2n) is 4.11. The molecule has 0 aromatic heterocycles. The van der Waals surface area contributed by atoms with Crippen molar-refractivity contribution in [2.24, 2.45) is 0 Å². The van der Waals surface area contributed by atoms with Gasteiger partial charge in [-0.3, -0.25) is 4.79 Å². The van der Waals surface area contributed by atoms with Crippen LogP contribution in [-0.4, -0.2) is 26.1 Å². The minimum absolute atomic E-state index is 0.0626. The molecule has 3 heteroatoms. The Bertz CT molecular complexity index is 393. The zero-order valence-corrected chi connectivity index (χ0v) is 11.1. The molecule has 0 saturated carbocycles. The standard InChI is InChI=1S/C15H20O3/c1-12(16)14-6-8-15(9-7-14)13(2)18-11-5-4-10-17-3/h6-9H,2,4-5,10-11H2,1,3H3. The molecule has 1 aromatic rings. The summed E-state index contributed by atoms with van der Waals surface area (Å²) in [6, 6.07) is 7.29. The van der Waals surface area contributed by atoms with Crippen LogP contribution in [0.1, 0.15) is 35.7 Å². The van der Waals surface area contributed by atoms with Crippen molar-refractivity contribution in [3.63, 3.8) is 0 Å². The van der Waals surface area contributed by atoms with E-state index in [1.807, 2.05) is 12.1 Å². The molecule has 0 unspecified atom stereocenters. The molecule has 0 atom stereocenters. The van der Waals surface area contributed by atoms with Gasteiger partial charge in [0.25, 0.3) is 0 Å². The second kappa shape index (κ2) is 7.67. The van der Waals surface area contributed by atoms with E-state index in [1.54, 1.807) is 26.2 Å². The summed E-state index contributed by atoms with van der Waals surface area (Å²) in [5.74, 6) is 0.704. The summed E-state index contributed by atoms with van der Waals surface area (Å²) in [6.07, 6.45) is 1.92. The Morgan fingerprint density at radius 1 is 1.11 bits per heavy atom. The van der Waals surface area contributed by atoms with Crippen molar-refractivity contribution in [3.05, 3.63) is 42.0 Å². The zero-order chi connectivity index (χ0) is 13.4. The highest BCUT2D eigenvalue weighted by Gasteiger charge is 2.02. The Kier molecular flexibility index (Phi) is 6.15. The van der Waals surface area contributed by atoms with Crippen LogP contribution in [0.2, 0.25) is 0 Å². The van der Waals surface area contributed by atoms with Gasteiger partial charge in [-0.1, -0.05) is 30.8 Å². The van der Waals surface area contributed by atoms with Gasteiger partial charge in [-0.25, -0.2) is 0 Å². The molecule has 0 fully saturated rings. The van der Waals surface area contributed by atoms with Crippen LogP contribution >= 0.6 is 0 Å². The van der Waals surface area contributed by atoms with Gasteiger partial charge >= 0.3 is 0 Å². The molecule has 18 heavy (non-hydrogen) atoms. The Balaban J connectivity index is 2.39. The fourth-order valence-corrected chi connectivity index (χ4v) is 1.52. The molecule has 3 nitrogen and oxygen atoms in total. The number of Topliss-reactive ketones (excluding diaryl/α,β-unsaturated/α-hetero) is 1. The van der Waals surface area contributed by atoms with Crippen LogP contribution in [0, 0.1) is 0 Å². The number of rotatable bonds is 8. The van der Waals surface area contributed by atoms with E-state index in [-0.39, 0.29) is 5.78 Å². The molecular formula is C15H20O3. The van der Waals surface area contributed by atoms with E-state index in [0.717, 1.165) is 25.0 Å². The van der Waals surface area contributed by atoms with Crippen molar-refractivity contribution in [1.82, 2.24) is 0 Å². The highest BCUT2D eigenvalue weighted by atomic mass is 16.5.